The molecule has 2 aromatic heterocycles. The maximum absolute atomic E-state index is 15.2. The number of H-pyrrole nitrogens is 2. The molecule has 10 amide bonds. The summed E-state index contributed by atoms with van der Waals surface area (Å²) in [6.07, 6.45) is 5.27. The molecule has 0 aliphatic carbocycles. The van der Waals surface area contributed by atoms with Crippen LogP contribution in [0.1, 0.15) is 149 Å². The molecule has 3 aromatic carbocycles. The van der Waals surface area contributed by atoms with Gasteiger partial charge in [-0.05, 0) is 161 Å². The Balaban J connectivity index is 1.42. The average Bonchev–Trinajstić information content (AvgIpc) is 1.76. The number of rotatable bonds is 49. The second kappa shape index (κ2) is 46.0. The van der Waals surface area contributed by atoms with Crippen LogP contribution in [0, 0.1) is 23.7 Å². The highest BCUT2D eigenvalue weighted by molar-refractivity contribution is 6.00. The van der Waals surface area contributed by atoms with Gasteiger partial charge in [-0.15, -0.1) is 0 Å². The molecule has 0 bridgehead atoms. The number of para-hydroxylation sites is 2. The van der Waals surface area contributed by atoms with Gasteiger partial charge in [0.2, 0.25) is 59.1 Å². The van der Waals surface area contributed by atoms with E-state index in [4.69, 9.17) is 40.1 Å². The molecule has 0 radical (unpaired) electrons. The molecule has 610 valence electrons. The number of phenols is 1. The van der Waals surface area contributed by atoms with Gasteiger partial charge in [0, 0.05) is 60.1 Å². The standard InChI is InChI=1S/C77H119N21O13/c1-42(2)35-59(93-65(100)52(80)38-47-40-87-53-21-11-9-19-50(47)53)69(104)94-60(36-43(3)4)70(105)95-62(39-48-41-88-54-22-12-10-20-51(48)54)72(107)98-64(45(7)8)74(109)96-61(37-46-27-29-49(99)30-28-46)71(106)97-63(44(5)6)73(108)91-57(25-17-33-85-76(81)82)67(102)89-55(23-13-15-31-78)66(101)90-56(24-14-16-32-79)68(103)92-58(75(110)111)26-18-34-86-77(83)84/h9-12,19-22,27-30,40-45,52,55-64,87-88,99H,13-18,23-26,31-39,78-80H2,1-8H3,(H,89,102)(H,90,101)(H,91,108)(H,92,103)(H,93,100)(H,94,104)(H,95,105)(H,96,109)(H,97,106)(H,98,107)(H,110,111)(H4,81,82,85)(H4,83,84,86)/t52-,55-,56-,57-,58-,59-,60-,61-,62-,63-,64-/m0/s1. The first-order chi connectivity index (χ1) is 52.7. The summed E-state index contributed by atoms with van der Waals surface area (Å²) >= 11 is 0. The van der Waals surface area contributed by atoms with Crippen LogP contribution in [0.2, 0.25) is 0 Å². The molecule has 0 aliphatic heterocycles. The van der Waals surface area contributed by atoms with Crippen LogP contribution < -0.4 is 93.3 Å². The van der Waals surface area contributed by atoms with Gasteiger partial charge in [0.15, 0.2) is 11.9 Å². The highest BCUT2D eigenvalue weighted by atomic mass is 16.4. The van der Waals surface area contributed by atoms with Gasteiger partial charge in [-0.25, -0.2) is 4.79 Å². The number of fused-ring (bicyclic) bond motifs is 2. The molecule has 5 rings (SSSR count). The van der Waals surface area contributed by atoms with Crippen molar-refractivity contribution in [1.29, 1.82) is 0 Å². The zero-order valence-electron chi connectivity index (χ0n) is 65.0. The van der Waals surface area contributed by atoms with Crippen molar-refractivity contribution in [3.8, 4) is 5.75 Å². The summed E-state index contributed by atoms with van der Waals surface area (Å²) in [6.45, 7) is 14.6. The number of carboxylic acids is 1. The lowest BCUT2D eigenvalue weighted by Gasteiger charge is -2.30. The fraction of sp³-hybridized carbons (Fsp3) is 0.545. The van der Waals surface area contributed by atoms with E-state index in [0.29, 0.717) is 36.8 Å². The van der Waals surface area contributed by atoms with Crippen LogP contribution in [0.15, 0.2) is 95.2 Å². The van der Waals surface area contributed by atoms with Crippen molar-refractivity contribution < 1.29 is 63.0 Å². The summed E-state index contributed by atoms with van der Waals surface area (Å²) in [7, 11) is 0. The van der Waals surface area contributed by atoms with Crippen molar-refractivity contribution in [3.63, 3.8) is 0 Å². The van der Waals surface area contributed by atoms with Crippen molar-refractivity contribution in [2.45, 2.75) is 218 Å². The van der Waals surface area contributed by atoms with Crippen molar-refractivity contribution in [3.05, 3.63) is 102 Å². The maximum atomic E-state index is 15.2. The van der Waals surface area contributed by atoms with Crippen molar-refractivity contribution in [2.75, 3.05) is 26.2 Å². The first kappa shape index (κ1) is 90.7. The van der Waals surface area contributed by atoms with Crippen LogP contribution in [0.5, 0.6) is 5.75 Å². The molecule has 28 N–H and O–H groups in total. The molecule has 0 spiro atoms. The van der Waals surface area contributed by atoms with Crippen LogP contribution in [0.3, 0.4) is 0 Å². The van der Waals surface area contributed by atoms with E-state index in [0.717, 1.165) is 27.4 Å². The Bertz CT molecular complexity index is 3940. The van der Waals surface area contributed by atoms with Crippen LogP contribution in [0.4, 0.5) is 0 Å². The van der Waals surface area contributed by atoms with Crippen LogP contribution >= 0.6 is 0 Å². The third-order valence-electron chi connectivity index (χ3n) is 18.7. The maximum Gasteiger partial charge on any atom is 0.326 e. The minimum Gasteiger partial charge on any atom is -0.508 e. The van der Waals surface area contributed by atoms with Crippen molar-refractivity contribution >= 4 is 98.8 Å². The van der Waals surface area contributed by atoms with E-state index in [-0.39, 0.29) is 126 Å². The van der Waals surface area contributed by atoms with E-state index in [1.54, 1.807) is 40.1 Å². The number of aromatic nitrogens is 2. The third-order valence-corrected chi connectivity index (χ3v) is 18.7. The Morgan fingerprint density at radius 1 is 0.396 bits per heavy atom. The number of hydrogen-bond acceptors (Lipinski definition) is 17. The lowest BCUT2D eigenvalue weighted by molar-refractivity contribution is -0.142. The number of amides is 10. The van der Waals surface area contributed by atoms with E-state index >= 15 is 14.4 Å². The molecule has 34 heteroatoms. The van der Waals surface area contributed by atoms with Gasteiger partial charge >= 0.3 is 5.97 Å². The SMILES string of the molecule is CC(C)C[C@H](NC(=O)[C@H](CC(C)C)NC(=O)[C@@H](N)Cc1c[nH]c2ccccc12)C(=O)N[C@@H](Cc1c[nH]c2ccccc12)C(=O)N[C@H](C(=O)N[C@@H](Cc1ccc(O)cc1)C(=O)N[C@H](C(=O)N[C@@H](CCCN=C(N)N)C(=O)N[C@@H](CCCCN)C(=O)N[C@@H](CCCCN)C(=O)N[C@@H](CCCN=C(N)N)C(=O)O)C(C)C)C(C)C. The highest BCUT2D eigenvalue weighted by Crippen LogP contribution is 2.23. The van der Waals surface area contributed by atoms with Gasteiger partial charge < -0.3 is 113 Å². The second-order valence-corrected chi connectivity index (χ2v) is 29.6. The molecule has 0 unspecified atom stereocenters. The first-order valence-electron chi connectivity index (χ1n) is 38.1. The Morgan fingerprint density at radius 3 is 1.15 bits per heavy atom. The number of aromatic amines is 2. The fourth-order valence-electron chi connectivity index (χ4n) is 12.6. The van der Waals surface area contributed by atoms with Crippen molar-refractivity contribution in [1.82, 2.24) is 63.1 Å². The smallest absolute Gasteiger partial charge is 0.326 e. The second-order valence-electron chi connectivity index (χ2n) is 29.6. The molecule has 2 heterocycles. The van der Waals surface area contributed by atoms with Gasteiger partial charge in [0.05, 0.1) is 6.04 Å². The number of benzene rings is 3. The number of nitrogens with one attached hydrogen (secondary N) is 12. The molecule has 111 heavy (non-hydrogen) atoms. The topological polar surface area (TPSA) is 587 Å². The number of hydrogen-bond donors (Lipinski definition) is 21. The number of aromatic hydroxyl groups is 1. The zero-order chi connectivity index (χ0) is 82.0. The predicted molar refractivity (Wildman–Crippen MR) is 425 cm³/mol. The minimum atomic E-state index is -1.51. The minimum absolute atomic E-state index is 0.0000120. The number of carbonyl (C=O) groups excluding carboxylic acids is 10. The molecule has 5 aromatic rings. The number of nitrogens with two attached hydrogens (primary N) is 7. The number of carboxylic acid groups (broad SMARTS) is 1. The first-order valence-corrected chi connectivity index (χ1v) is 38.1. The number of phenolic OH excluding ortho intramolecular Hbond substituents is 1. The van der Waals surface area contributed by atoms with E-state index in [9.17, 15) is 48.6 Å². The molecule has 0 saturated heterocycles. The zero-order valence-corrected chi connectivity index (χ0v) is 65.0. The molecule has 11 atom stereocenters. The van der Waals surface area contributed by atoms with Crippen LogP contribution in [0.25, 0.3) is 21.8 Å². The molecule has 0 fully saturated rings. The van der Waals surface area contributed by atoms with Crippen LogP contribution in [-0.2, 0) is 72.0 Å². The van der Waals surface area contributed by atoms with E-state index in [2.05, 4.69) is 73.1 Å². The van der Waals surface area contributed by atoms with Crippen LogP contribution in [-0.4, -0.2) is 190 Å². The lowest BCUT2D eigenvalue weighted by Crippen LogP contribution is -2.62. The molecule has 34 nitrogen and oxygen atoms in total. The normalized spacial score (nSPS) is 14.4. The summed E-state index contributed by atoms with van der Waals surface area (Å²) in [5.41, 5.74) is 43.7. The Morgan fingerprint density at radius 2 is 0.739 bits per heavy atom. The summed E-state index contributed by atoms with van der Waals surface area (Å²) in [6, 6.07) is 6.09. The fourth-order valence-corrected chi connectivity index (χ4v) is 12.6. The Kier molecular flexibility index (Phi) is 37.6. The van der Waals surface area contributed by atoms with Gasteiger partial charge in [0.1, 0.15) is 66.2 Å². The van der Waals surface area contributed by atoms with Gasteiger partial charge in [0.25, 0.3) is 0 Å². The Labute approximate surface area is 647 Å². The number of carbonyl (C=O) groups is 11. The molecule has 0 saturated carbocycles. The van der Waals surface area contributed by atoms with Gasteiger partial charge in [-0.3, -0.25) is 57.9 Å². The van der Waals surface area contributed by atoms with E-state index < -0.39 is 143 Å². The number of guanidine groups is 2. The van der Waals surface area contributed by atoms with Crippen molar-refractivity contribution in [2.24, 2.45) is 73.8 Å². The molecule has 0 aliphatic rings. The number of aliphatic imine (C=N–C) groups is 2. The monoisotopic (exact) mass is 1550 g/mol. The quantitative estimate of drug-likeness (QED) is 0.0142. The largest absolute Gasteiger partial charge is 0.508 e. The third kappa shape index (κ3) is 30.5. The summed E-state index contributed by atoms with van der Waals surface area (Å²) in [4.78, 5) is 173. The number of aliphatic carboxylic acids is 1. The Hall–Kier alpha value is -10.9. The summed E-state index contributed by atoms with van der Waals surface area (Å²) in [5, 5.41) is 49.5. The molecular weight excluding hydrogens is 1430 g/mol. The van der Waals surface area contributed by atoms with Gasteiger partial charge in [-0.2, -0.15) is 0 Å². The van der Waals surface area contributed by atoms with Gasteiger partial charge in [-0.1, -0.05) is 104 Å². The van der Waals surface area contributed by atoms with E-state index in [1.807, 2.05) is 76.2 Å². The van der Waals surface area contributed by atoms with E-state index in [1.165, 1.54) is 24.3 Å². The molecular formula is C77H119N21O13. The number of nitrogens with zero attached hydrogens (tertiary/aromatic N) is 2. The number of unbranched alkanes of at least 4 members (excludes halogenated alkanes) is 2. The summed E-state index contributed by atoms with van der Waals surface area (Å²) in [5.74, 6) is -11.5. The lowest BCUT2D eigenvalue weighted by atomic mass is 9.97. The average molecular weight is 1550 g/mol. The highest BCUT2D eigenvalue weighted by Gasteiger charge is 2.38. The predicted octanol–water partition coefficient (Wildman–Crippen LogP) is 0.412. The summed E-state index contributed by atoms with van der Waals surface area (Å²) < 4.78 is 0.